The molecule has 2 bridgehead atoms. The van der Waals surface area contributed by atoms with E-state index < -0.39 is 6.10 Å². The first kappa shape index (κ1) is 24.3. The molecular weight excluding hydrogens is 466 g/mol. The van der Waals surface area contributed by atoms with Crippen molar-refractivity contribution in [3.63, 3.8) is 0 Å². The van der Waals surface area contributed by atoms with Crippen molar-refractivity contribution in [2.75, 3.05) is 38.3 Å². The zero-order valence-electron chi connectivity index (χ0n) is 20.7. The van der Waals surface area contributed by atoms with Gasteiger partial charge in [-0.05, 0) is 43.5 Å². The molecule has 2 N–H and O–H groups in total. The van der Waals surface area contributed by atoms with Crippen LogP contribution in [-0.4, -0.2) is 71.3 Å². The van der Waals surface area contributed by atoms with Crippen LogP contribution in [0.25, 0.3) is 16.9 Å². The van der Waals surface area contributed by atoms with E-state index in [9.17, 15) is 5.11 Å². The van der Waals surface area contributed by atoms with Crippen LogP contribution in [0.1, 0.15) is 38.7 Å². The highest BCUT2D eigenvalue weighted by atomic mass is 35.5. The van der Waals surface area contributed by atoms with Gasteiger partial charge in [0.1, 0.15) is 24.3 Å². The van der Waals surface area contributed by atoms with Crippen molar-refractivity contribution in [1.82, 2.24) is 19.9 Å². The number of fused-ring (bicyclic) bond motifs is 3. The van der Waals surface area contributed by atoms with Gasteiger partial charge in [-0.25, -0.2) is 4.98 Å². The summed E-state index contributed by atoms with van der Waals surface area (Å²) >= 11 is 6.49. The van der Waals surface area contributed by atoms with Gasteiger partial charge >= 0.3 is 0 Å². The molecular formula is C26H34ClN5O3. The standard InChI is InChI=1S/C26H34ClN5O3/c1-15(2)22-11-29-32-25(31-19-5-16(3)24(31)14-34-12-19)9-23(30-26(22)32)17-6-18(27)8-21(7-17)35-13-20(33)10-28-4/h6-9,11,15-16,19-20,24,28,33H,5,10,12-14H2,1-4H3. The third-order valence-corrected chi connectivity index (χ3v) is 7.28. The SMILES string of the molecule is CNCC(O)COc1cc(Cl)cc(-c2cc(N3C4COCC3C(C)C4)n3ncc(C(C)C)c3n2)c1. The zero-order valence-corrected chi connectivity index (χ0v) is 21.5. The lowest BCUT2D eigenvalue weighted by Crippen LogP contribution is -2.47. The number of aliphatic hydroxyl groups is 1. The number of ether oxygens (including phenoxy) is 2. The first-order valence-corrected chi connectivity index (χ1v) is 12.7. The summed E-state index contributed by atoms with van der Waals surface area (Å²) in [5.41, 5.74) is 3.65. The molecule has 9 heteroatoms. The van der Waals surface area contributed by atoms with Crippen molar-refractivity contribution in [1.29, 1.82) is 0 Å². The van der Waals surface area contributed by atoms with Crippen LogP contribution < -0.4 is 15.0 Å². The van der Waals surface area contributed by atoms with E-state index in [1.165, 1.54) is 0 Å². The Balaban J connectivity index is 1.59. The van der Waals surface area contributed by atoms with Gasteiger partial charge in [-0.15, -0.1) is 0 Å². The molecule has 2 aromatic heterocycles. The Morgan fingerprint density at radius 2 is 2.09 bits per heavy atom. The average Bonchev–Trinajstić information content (AvgIpc) is 3.33. The smallest absolute Gasteiger partial charge is 0.161 e. The van der Waals surface area contributed by atoms with Crippen molar-refractivity contribution in [3.05, 3.63) is 41.0 Å². The van der Waals surface area contributed by atoms with E-state index in [1.54, 1.807) is 13.1 Å². The molecule has 0 saturated carbocycles. The number of nitrogens with one attached hydrogen (secondary N) is 1. The topological polar surface area (TPSA) is 84.1 Å². The fourth-order valence-corrected chi connectivity index (χ4v) is 5.53. The zero-order chi connectivity index (χ0) is 24.7. The Bertz CT molecular complexity index is 1200. The maximum atomic E-state index is 10.0. The normalized spacial score (nSPS) is 22.8. The molecule has 3 aromatic rings. The number of aromatic nitrogens is 3. The molecule has 0 spiro atoms. The number of nitrogens with zero attached hydrogens (tertiary/aromatic N) is 4. The summed E-state index contributed by atoms with van der Waals surface area (Å²) in [6.45, 7) is 8.70. The van der Waals surface area contributed by atoms with Gasteiger partial charge in [0.05, 0.1) is 37.2 Å². The van der Waals surface area contributed by atoms with Gasteiger partial charge < -0.3 is 24.8 Å². The van der Waals surface area contributed by atoms with Gasteiger partial charge in [-0.3, -0.25) is 0 Å². The Kier molecular flexibility index (Phi) is 6.90. The average molecular weight is 500 g/mol. The third-order valence-electron chi connectivity index (χ3n) is 7.07. The second-order valence-electron chi connectivity index (χ2n) is 10.1. The Labute approximate surface area is 211 Å². The van der Waals surface area contributed by atoms with Gasteiger partial charge in [-0.1, -0.05) is 32.4 Å². The van der Waals surface area contributed by atoms with Crippen molar-refractivity contribution in [3.8, 4) is 17.0 Å². The Morgan fingerprint density at radius 3 is 2.83 bits per heavy atom. The van der Waals surface area contributed by atoms with Crippen molar-refractivity contribution in [2.45, 2.75) is 51.3 Å². The number of anilines is 1. The molecule has 1 aromatic carbocycles. The monoisotopic (exact) mass is 499 g/mol. The van der Waals surface area contributed by atoms with Crippen LogP contribution in [-0.2, 0) is 4.74 Å². The largest absolute Gasteiger partial charge is 0.491 e. The molecule has 35 heavy (non-hydrogen) atoms. The van der Waals surface area contributed by atoms with Gasteiger partial charge in [-0.2, -0.15) is 9.61 Å². The van der Waals surface area contributed by atoms with Crippen molar-refractivity contribution < 1.29 is 14.6 Å². The molecule has 0 aliphatic carbocycles. The number of hydrogen-bond acceptors (Lipinski definition) is 7. The third kappa shape index (κ3) is 4.72. The molecule has 4 heterocycles. The van der Waals surface area contributed by atoms with Crippen LogP contribution in [0.3, 0.4) is 0 Å². The molecule has 2 aliphatic rings. The van der Waals surface area contributed by atoms with Gasteiger partial charge in [0.2, 0.25) is 0 Å². The number of aliphatic hydroxyl groups excluding tert-OH is 1. The van der Waals surface area contributed by atoms with Crippen LogP contribution in [0.5, 0.6) is 5.75 Å². The first-order chi connectivity index (χ1) is 16.9. The molecule has 5 rings (SSSR count). The van der Waals surface area contributed by atoms with E-state index in [0.29, 0.717) is 35.3 Å². The quantitative estimate of drug-likeness (QED) is 0.488. The minimum atomic E-state index is -0.609. The fraction of sp³-hybridized carbons (Fsp3) is 0.538. The second kappa shape index (κ2) is 9.93. The molecule has 2 saturated heterocycles. The molecule has 2 aliphatic heterocycles. The number of rotatable bonds is 8. The van der Waals surface area contributed by atoms with E-state index >= 15 is 0 Å². The summed E-state index contributed by atoms with van der Waals surface area (Å²) in [6, 6.07) is 8.34. The predicted molar refractivity (Wildman–Crippen MR) is 138 cm³/mol. The summed E-state index contributed by atoms with van der Waals surface area (Å²) in [7, 11) is 1.80. The predicted octanol–water partition coefficient (Wildman–Crippen LogP) is 3.75. The minimum absolute atomic E-state index is 0.174. The number of hydrogen-bond donors (Lipinski definition) is 2. The lowest BCUT2D eigenvalue weighted by Gasteiger charge is -2.37. The fourth-order valence-electron chi connectivity index (χ4n) is 5.30. The Hall–Kier alpha value is -2.39. The number of benzene rings is 1. The van der Waals surface area contributed by atoms with Gasteiger partial charge in [0.25, 0.3) is 0 Å². The molecule has 4 unspecified atom stereocenters. The maximum Gasteiger partial charge on any atom is 0.161 e. The van der Waals surface area contributed by atoms with Crippen molar-refractivity contribution >= 4 is 23.1 Å². The highest BCUT2D eigenvalue weighted by Crippen LogP contribution is 2.40. The van der Waals surface area contributed by atoms with Crippen LogP contribution in [0.15, 0.2) is 30.5 Å². The van der Waals surface area contributed by atoms with E-state index in [-0.39, 0.29) is 12.5 Å². The number of halogens is 1. The van der Waals surface area contributed by atoms with E-state index in [4.69, 9.17) is 31.2 Å². The summed E-state index contributed by atoms with van der Waals surface area (Å²) in [6.07, 6.45) is 2.43. The van der Waals surface area contributed by atoms with Crippen LogP contribution in [0.4, 0.5) is 5.82 Å². The highest BCUT2D eigenvalue weighted by molar-refractivity contribution is 6.31. The lowest BCUT2D eigenvalue weighted by atomic mass is 10.0. The minimum Gasteiger partial charge on any atom is -0.491 e. The molecule has 2 fully saturated rings. The van der Waals surface area contributed by atoms with E-state index in [0.717, 1.165) is 47.9 Å². The molecule has 4 atom stereocenters. The van der Waals surface area contributed by atoms with Crippen molar-refractivity contribution in [2.24, 2.45) is 5.92 Å². The summed E-state index contributed by atoms with van der Waals surface area (Å²) < 4.78 is 13.7. The highest BCUT2D eigenvalue weighted by Gasteiger charge is 2.43. The molecule has 0 radical (unpaired) electrons. The lowest BCUT2D eigenvalue weighted by molar-refractivity contribution is 0.0864. The summed E-state index contributed by atoms with van der Waals surface area (Å²) in [5.74, 6) is 2.47. The van der Waals surface area contributed by atoms with Crippen LogP contribution >= 0.6 is 11.6 Å². The Morgan fingerprint density at radius 1 is 1.26 bits per heavy atom. The van der Waals surface area contributed by atoms with E-state index in [2.05, 4.69) is 37.1 Å². The first-order valence-electron chi connectivity index (χ1n) is 12.4. The van der Waals surface area contributed by atoms with E-state index in [1.807, 2.05) is 22.8 Å². The molecule has 0 amide bonds. The van der Waals surface area contributed by atoms with Gasteiger partial charge in [0, 0.05) is 28.8 Å². The van der Waals surface area contributed by atoms with Crippen LogP contribution in [0.2, 0.25) is 5.02 Å². The second-order valence-corrected chi connectivity index (χ2v) is 10.5. The number of morpholine rings is 1. The van der Waals surface area contributed by atoms with Crippen LogP contribution in [0, 0.1) is 5.92 Å². The number of likely N-dealkylation sites (N-methyl/N-ethyl adjacent to an activating group) is 1. The summed E-state index contributed by atoms with van der Waals surface area (Å²) in [5, 5.41) is 18.3. The summed E-state index contributed by atoms with van der Waals surface area (Å²) in [4.78, 5) is 7.53. The van der Waals surface area contributed by atoms with Gasteiger partial charge in [0.15, 0.2) is 5.65 Å². The molecule has 8 nitrogen and oxygen atoms in total. The molecule has 188 valence electrons. The maximum absolute atomic E-state index is 10.0.